The number of benzene rings is 4. The van der Waals surface area contributed by atoms with Gasteiger partial charge in [0.2, 0.25) is 0 Å². The maximum atomic E-state index is 11.1. The van der Waals surface area contributed by atoms with Gasteiger partial charge in [-0.3, -0.25) is 0 Å². The van der Waals surface area contributed by atoms with Gasteiger partial charge in [-0.25, -0.2) is 0 Å². The van der Waals surface area contributed by atoms with Gasteiger partial charge in [0.25, 0.3) is 0 Å². The van der Waals surface area contributed by atoms with E-state index in [1.165, 1.54) is 22.3 Å². The second-order valence-electron chi connectivity index (χ2n) is 23.5. The summed E-state index contributed by atoms with van der Waals surface area (Å²) in [5, 5.41) is 44.3. The molecular weight excluding hydrogens is 761 g/mol. The molecule has 0 radical (unpaired) electrons. The van der Waals surface area contributed by atoms with Gasteiger partial charge in [-0.05, 0) is 160 Å². The zero-order valence-corrected chi connectivity index (χ0v) is 40.5. The topological polar surface area (TPSA) is 80.9 Å². The molecule has 4 aromatic carbocycles. The summed E-state index contributed by atoms with van der Waals surface area (Å²) >= 11 is 0. The first-order valence-electron chi connectivity index (χ1n) is 23.6. The highest BCUT2D eigenvalue weighted by molar-refractivity contribution is 5.53. The van der Waals surface area contributed by atoms with E-state index in [4.69, 9.17) is 6.42 Å². The van der Waals surface area contributed by atoms with Crippen LogP contribution >= 0.6 is 0 Å². The van der Waals surface area contributed by atoms with E-state index in [9.17, 15) is 20.4 Å². The minimum absolute atomic E-state index is 0.160. The Hall–Kier alpha value is -4.36. The van der Waals surface area contributed by atoms with Crippen LogP contribution < -0.4 is 0 Å². The molecule has 0 aromatic heterocycles. The summed E-state index contributed by atoms with van der Waals surface area (Å²) in [5.41, 5.74) is 7.33. The van der Waals surface area contributed by atoms with E-state index < -0.39 is 0 Å². The van der Waals surface area contributed by atoms with Crippen molar-refractivity contribution in [1.29, 1.82) is 0 Å². The number of hydrogen-bond acceptors (Lipinski definition) is 4. The molecule has 0 amide bonds. The number of aromatic hydroxyl groups is 4. The van der Waals surface area contributed by atoms with Gasteiger partial charge in [0, 0.05) is 16.7 Å². The summed E-state index contributed by atoms with van der Waals surface area (Å²) in [6.07, 6.45) is 15.6. The lowest BCUT2D eigenvalue weighted by molar-refractivity contribution is 0.112. The summed E-state index contributed by atoms with van der Waals surface area (Å²) < 4.78 is 0. The largest absolute Gasteiger partial charge is 0.508 e. The number of phenolic OH excluding ortho intramolecular Hbond substituents is 4. The zero-order chi connectivity index (χ0) is 45.8. The van der Waals surface area contributed by atoms with Crippen molar-refractivity contribution in [3.63, 3.8) is 0 Å². The van der Waals surface area contributed by atoms with E-state index in [1.54, 1.807) is 0 Å². The molecule has 4 nitrogen and oxygen atoms in total. The number of hydrogen-bond donors (Lipinski definition) is 4. The van der Waals surface area contributed by atoms with Gasteiger partial charge in [-0.2, -0.15) is 0 Å². The van der Waals surface area contributed by atoms with Crippen LogP contribution in [0.1, 0.15) is 192 Å². The zero-order valence-electron chi connectivity index (χ0n) is 40.5. The standard InChI is InChI=1S/C58H78O4/c1-15-43(37-25-29-57(30-26-37,39-17-21-49(59)45(33-39)53(3,4)5)40-18-22-50(60)46(34-40)54(6,7)8)44(16-2)38-27-31-58(32-28-38,41-19-23-51(61)47(35-41)55(9,10)11)42-20-24-52(62)48(36-42)56(12,13)14/h1,17-24,33-38,43-44,59-62H,16,25-32H2,2-14H3. The van der Waals surface area contributed by atoms with Gasteiger partial charge in [0.1, 0.15) is 23.0 Å². The van der Waals surface area contributed by atoms with E-state index in [1.807, 2.05) is 24.3 Å². The van der Waals surface area contributed by atoms with Crippen LogP contribution in [0.3, 0.4) is 0 Å². The molecule has 2 unspecified atom stereocenters. The third-order valence-electron chi connectivity index (χ3n) is 15.4. The molecule has 2 saturated carbocycles. The third kappa shape index (κ3) is 9.03. The van der Waals surface area contributed by atoms with E-state index in [0.29, 0.717) is 40.8 Å². The number of rotatable bonds is 8. The predicted molar refractivity (Wildman–Crippen MR) is 259 cm³/mol. The van der Waals surface area contributed by atoms with Crippen LogP contribution in [0.2, 0.25) is 0 Å². The van der Waals surface area contributed by atoms with Crippen LogP contribution in [-0.2, 0) is 32.5 Å². The fourth-order valence-corrected chi connectivity index (χ4v) is 11.8. The highest BCUT2D eigenvalue weighted by Gasteiger charge is 2.46. The minimum Gasteiger partial charge on any atom is -0.508 e. The normalized spacial score (nSPS) is 18.8. The van der Waals surface area contributed by atoms with Crippen molar-refractivity contribution in [1.82, 2.24) is 0 Å². The molecule has 334 valence electrons. The van der Waals surface area contributed by atoms with Crippen LogP contribution in [0.15, 0.2) is 72.8 Å². The van der Waals surface area contributed by atoms with E-state index in [0.717, 1.165) is 80.0 Å². The molecule has 2 aliphatic rings. The SMILES string of the molecule is C#CC(C1CCC(c2ccc(O)c(C(C)(C)C)c2)(c2ccc(O)c(C(C)(C)C)c2)CC1)C(CC)C1CCC(c2ccc(O)c(C(C)(C)C)c2)(c2ccc(O)c(C(C)(C)C)c2)CC1. The molecule has 62 heavy (non-hydrogen) atoms. The molecule has 2 fully saturated rings. The molecule has 0 heterocycles. The molecule has 0 spiro atoms. The van der Waals surface area contributed by atoms with Gasteiger partial charge in [0.05, 0.1) is 0 Å². The van der Waals surface area contributed by atoms with Crippen LogP contribution in [0, 0.1) is 36.0 Å². The summed E-state index contributed by atoms with van der Waals surface area (Å²) in [7, 11) is 0. The predicted octanol–water partition coefficient (Wildman–Crippen LogP) is 14.6. The molecule has 4 heteroatoms. The van der Waals surface area contributed by atoms with Crippen molar-refractivity contribution in [3.8, 4) is 35.3 Å². The molecule has 6 rings (SSSR count). The average Bonchev–Trinajstić information content (AvgIpc) is 3.19. The summed E-state index contributed by atoms with van der Waals surface area (Å²) in [6, 6.07) is 25.1. The van der Waals surface area contributed by atoms with Crippen molar-refractivity contribution in [2.24, 2.45) is 23.7 Å². The second kappa shape index (κ2) is 17.0. The second-order valence-corrected chi connectivity index (χ2v) is 23.5. The summed E-state index contributed by atoms with van der Waals surface area (Å²) in [4.78, 5) is 0. The van der Waals surface area contributed by atoms with Gasteiger partial charge in [-0.15, -0.1) is 12.3 Å². The lowest BCUT2D eigenvalue weighted by Crippen LogP contribution is -2.40. The van der Waals surface area contributed by atoms with E-state index >= 15 is 0 Å². The van der Waals surface area contributed by atoms with Crippen LogP contribution in [0.25, 0.3) is 0 Å². The van der Waals surface area contributed by atoms with Crippen molar-refractivity contribution < 1.29 is 20.4 Å². The van der Waals surface area contributed by atoms with E-state index in [-0.39, 0.29) is 38.4 Å². The maximum Gasteiger partial charge on any atom is 0.119 e. The summed E-state index contributed by atoms with van der Waals surface area (Å²) in [5.74, 6) is 6.20. The van der Waals surface area contributed by atoms with E-state index in [2.05, 4.69) is 144 Å². The molecule has 4 aromatic rings. The number of terminal acetylenes is 1. The summed E-state index contributed by atoms with van der Waals surface area (Å²) in [6.45, 7) is 28.3. The van der Waals surface area contributed by atoms with Crippen molar-refractivity contribution in [2.45, 2.75) is 180 Å². The Morgan fingerprint density at radius 2 is 0.742 bits per heavy atom. The Kier molecular flexibility index (Phi) is 12.9. The van der Waals surface area contributed by atoms with Crippen LogP contribution in [0.5, 0.6) is 23.0 Å². The third-order valence-corrected chi connectivity index (χ3v) is 15.4. The van der Waals surface area contributed by atoms with Gasteiger partial charge in [0.15, 0.2) is 0 Å². The maximum absolute atomic E-state index is 11.1. The Morgan fingerprint density at radius 1 is 0.484 bits per heavy atom. The van der Waals surface area contributed by atoms with Crippen molar-refractivity contribution >= 4 is 0 Å². The first-order valence-corrected chi connectivity index (χ1v) is 23.6. The lowest BCUT2D eigenvalue weighted by Gasteiger charge is -2.47. The molecule has 0 aliphatic heterocycles. The van der Waals surface area contributed by atoms with Gasteiger partial charge >= 0.3 is 0 Å². The molecule has 0 bridgehead atoms. The van der Waals surface area contributed by atoms with Crippen molar-refractivity contribution in [3.05, 3.63) is 117 Å². The van der Waals surface area contributed by atoms with Crippen molar-refractivity contribution in [2.75, 3.05) is 0 Å². The van der Waals surface area contributed by atoms with Gasteiger partial charge in [-0.1, -0.05) is 145 Å². The average molecular weight is 839 g/mol. The minimum atomic E-state index is -0.282. The highest BCUT2D eigenvalue weighted by atomic mass is 16.3. The first kappa shape index (κ1) is 47.1. The van der Waals surface area contributed by atoms with Crippen LogP contribution in [-0.4, -0.2) is 20.4 Å². The Bertz CT molecular complexity index is 2130. The Balaban J connectivity index is 1.33. The first-order chi connectivity index (χ1) is 28.8. The molecule has 2 atom stereocenters. The fraction of sp³-hybridized carbons (Fsp3) is 0.552. The monoisotopic (exact) mass is 839 g/mol. The molecule has 4 N–H and O–H groups in total. The Labute approximate surface area is 375 Å². The lowest BCUT2D eigenvalue weighted by atomic mass is 9.56. The highest BCUT2D eigenvalue weighted by Crippen LogP contribution is 2.55. The number of phenols is 4. The fourth-order valence-electron chi connectivity index (χ4n) is 11.8. The smallest absolute Gasteiger partial charge is 0.119 e. The van der Waals surface area contributed by atoms with Crippen LogP contribution in [0.4, 0.5) is 0 Å². The Morgan fingerprint density at radius 3 is 0.968 bits per heavy atom. The molecule has 0 saturated heterocycles. The molecular formula is C58H78O4. The molecule has 2 aliphatic carbocycles. The van der Waals surface area contributed by atoms with Gasteiger partial charge < -0.3 is 20.4 Å². The quantitative estimate of drug-likeness (QED) is 0.133.